The maximum Gasteiger partial charge on any atom is 0.417 e. The first-order valence-corrected chi connectivity index (χ1v) is 12.5. The van der Waals surface area contributed by atoms with E-state index >= 15 is 0 Å². The molecule has 7 nitrogen and oxygen atoms in total. The van der Waals surface area contributed by atoms with Crippen molar-refractivity contribution in [1.29, 1.82) is 0 Å². The smallest absolute Gasteiger partial charge is 0.356 e. The molecule has 38 heavy (non-hydrogen) atoms. The number of hydrogen-bond donors (Lipinski definition) is 1. The summed E-state index contributed by atoms with van der Waals surface area (Å²) in [6.45, 7) is 6.57. The average Bonchev–Trinajstić information content (AvgIpc) is 2.90. The first-order chi connectivity index (χ1) is 18.2. The third-order valence-corrected chi connectivity index (χ3v) is 6.57. The van der Waals surface area contributed by atoms with Crippen LogP contribution in [0, 0.1) is 11.8 Å². The zero-order valence-electron chi connectivity index (χ0n) is 21.0. The molecule has 1 fully saturated rings. The highest BCUT2D eigenvalue weighted by Gasteiger charge is 2.31. The van der Waals surface area contributed by atoms with E-state index in [0.717, 1.165) is 47.8 Å². The summed E-state index contributed by atoms with van der Waals surface area (Å²) in [6.07, 6.45) is -0.973. The quantitative estimate of drug-likeness (QED) is 0.373. The van der Waals surface area contributed by atoms with Gasteiger partial charge in [-0.05, 0) is 60.7 Å². The van der Waals surface area contributed by atoms with Gasteiger partial charge in [-0.15, -0.1) is 0 Å². The van der Waals surface area contributed by atoms with Crippen molar-refractivity contribution in [3.63, 3.8) is 0 Å². The number of carbonyl (C=O) groups is 1. The number of rotatable bonds is 5. The van der Waals surface area contributed by atoms with Gasteiger partial charge in [-0.2, -0.15) is 13.2 Å². The number of piperidine rings is 1. The van der Waals surface area contributed by atoms with Gasteiger partial charge in [-0.3, -0.25) is 14.8 Å². The van der Waals surface area contributed by atoms with E-state index in [9.17, 15) is 18.0 Å². The number of carbonyl (C=O) groups excluding carboxylic acids is 1. The molecule has 4 aromatic rings. The normalized spacial score (nSPS) is 18.0. The van der Waals surface area contributed by atoms with E-state index in [1.165, 1.54) is 6.42 Å². The number of anilines is 1. The summed E-state index contributed by atoms with van der Waals surface area (Å²) in [5, 5.41) is 3.48. The Morgan fingerprint density at radius 2 is 1.74 bits per heavy atom. The van der Waals surface area contributed by atoms with Crippen molar-refractivity contribution >= 4 is 22.6 Å². The number of pyridine rings is 4. The van der Waals surface area contributed by atoms with Gasteiger partial charge in [0.1, 0.15) is 11.5 Å². The summed E-state index contributed by atoms with van der Waals surface area (Å²) in [4.78, 5) is 32.4. The molecule has 10 heteroatoms. The Kier molecular flexibility index (Phi) is 6.96. The van der Waals surface area contributed by atoms with Gasteiger partial charge in [0, 0.05) is 30.9 Å². The van der Waals surface area contributed by atoms with E-state index < -0.39 is 17.6 Å². The van der Waals surface area contributed by atoms with Gasteiger partial charge in [0.2, 0.25) is 0 Å². The second-order valence-electron chi connectivity index (χ2n) is 9.91. The number of amides is 1. The number of nitrogens with one attached hydrogen (secondary N) is 1. The predicted molar refractivity (Wildman–Crippen MR) is 138 cm³/mol. The highest BCUT2D eigenvalue weighted by Crippen LogP contribution is 2.29. The van der Waals surface area contributed by atoms with Crippen LogP contribution in [0.1, 0.15) is 42.0 Å². The van der Waals surface area contributed by atoms with E-state index in [1.54, 1.807) is 12.3 Å². The minimum atomic E-state index is -4.51. The van der Waals surface area contributed by atoms with E-state index in [-0.39, 0.29) is 12.2 Å². The highest BCUT2D eigenvalue weighted by atomic mass is 19.4. The summed E-state index contributed by atoms with van der Waals surface area (Å²) in [6, 6.07) is 13.5. The molecule has 0 saturated carbocycles. The topological polar surface area (TPSA) is 83.9 Å². The lowest BCUT2D eigenvalue weighted by molar-refractivity contribution is -0.137. The van der Waals surface area contributed by atoms with Crippen LogP contribution in [-0.2, 0) is 12.7 Å². The molecule has 1 saturated heterocycles. The molecule has 196 valence electrons. The zero-order chi connectivity index (χ0) is 26.9. The number of hydrogen-bond acceptors (Lipinski definition) is 6. The van der Waals surface area contributed by atoms with Gasteiger partial charge in [-0.1, -0.05) is 19.9 Å². The number of halogens is 3. The molecule has 1 aliphatic heterocycles. The zero-order valence-corrected chi connectivity index (χ0v) is 21.0. The number of aromatic nitrogens is 4. The third-order valence-electron chi connectivity index (χ3n) is 6.57. The number of nitrogens with zero attached hydrogens (tertiary/aromatic N) is 5. The van der Waals surface area contributed by atoms with Crippen molar-refractivity contribution in [2.24, 2.45) is 11.8 Å². The molecule has 0 aromatic carbocycles. The van der Waals surface area contributed by atoms with Gasteiger partial charge in [0.05, 0.1) is 34.7 Å². The van der Waals surface area contributed by atoms with Crippen LogP contribution in [0.25, 0.3) is 22.3 Å². The fraction of sp³-hybridized carbons (Fsp3) is 0.321. The van der Waals surface area contributed by atoms with Crippen molar-refractivity contribution in [2.45, 2.75) is 33.0 Å². The van der Waals surface area contributed by atoms with Gasteiger partial charge < -0.3 is 10.2 Å². The molecular formula is C28H27F3N6O. The maximum atomic E-state index is 12.7. The van der Waals surface area contributed by atoms with E-state index in [0.29, 0.717) is 29.2 Å². The monoisotopic (exact) mass is 520 g/mol. The Hall–Kier alpha value is -4.08. The minimum Gasteiger partial charge on any atom is -0.356 e. The Morgan fingerprint density at radius 3 is 2.45 bits per heavy atom. The van der Waals surface area contributed by atoms with Crippen molar-refractivity contribution in [3.05, 3.63) is 77.9 Å². The lowest BCUT2D eigenvalue weighted by Gasteiger charge is -2.35. The van der Waals surface area contributed by atoms with Crippen molar-refractivity contribution in [3.8, 4) is 11.4 Å². The van der Waals surface area contributed by atoms with E-state index in [4.69, 9.17) is 9.97 Å². The molecular weight excluding hydrogens is 493 g/mol. The fourth-order valence-corrected chi connectivity index (χ4v) is 4.85. The Bertz CT molecular complexity index is 1450. The van der Waals surface area contributed by atoms with Crippen molar-refractivity contribution in [2.75, 3.05) is 18.0 Å². The molecule has 5 heterocycles. The molecule has 2 atom stereocenters. The van der Waals surface area contributed by atoms with E-state index in [2.05, 4.69) is 34.0 Å². The first-order valence-electron chi connectivity index (χ1n) is 12.5. The second kappa shape index (κ2) is 10.4. The largest absolute Gasteiger partial charge is 0.417 e. The molecule has 0 aliphatic carbocycles. The molecule has 1 amide bonds. The summed E-state index contributed by atoms with van der Waals surface area (Å²) >= 11 is 0. The number of fused-ring (bicyclic) bond motifs is 1. The van der Waals surface area contributed by atoms with Crippen LogP contribution in [0.2, 0.25) is 0 Å². The van der Waals surface area contributed by atoms with Gasteiger partial charge in [0.15, 0.2) is 0 Å². The molecule has 4 aromatic heterocycles. The van der Waals surface area contributed by atoms with Gasteiger partial charge in [0.25, 0.3) is 5.91 Å². The summed E-state index contributed by atoms with van der Waals surface area (Å²) < 4.78 is 38.2. The molecule has 5 rings (SSSR count). The fourth-order valence-electron chi connectivity index (χ4n) is 4.85. The molecule has 0 unspecified atom stereocenters. The van der Waals surface area contributed by atoms with Crippen LogP contribution in [0.15, 0.2) is 60.9 Å². The van der Waals surface area contributed by atoms with Crippen LogP contribution in [0.4, 0.5) is 19.0 Å². The van der Waals surface area contributed by atoms with Crippen molar-refractivity contribution < 1.29 is 18.0 Å². The first kappa shape index (κ1) is 25.6. The molecule has 0 radical (unpaired) electrons. The average molecular weight is 521 g/mol. The highest BCUT2D eigenvalue weighted by molar-refractivity contribution is 5.92. The lowest BCUT2D eigenvalue weighted by Crippen LogP contribution is -2.39. The summed E-state index contributed by atoms with van der Waals surface area (Å²) in [5.41, 5.74) is 1.74. The number of alkyl halides is 3. The van der Waals surface area contributed by atoms with Crippen LogP contribution >= 0.6 is 0 Å². The van der Waals surface area contributed by atoms with Crippen LogP contribution in [0.3, 0.4) is 0 Å². The molecule has 0 bridgehead atoms. The van der Waals surface area contributed by atoms with Gasteiger partial charge >= 0.3 is 6.18 Å². The van der Waals surface area contributed by atoms with Gasteiger partial charge in [-0.25, -0.2) is 9.97 Å². The van der Waals surface area contributed by atoms with E-state index in [1.807, 2.05) is 30.3 Å². The van der Waals surface area contributed by atoms with Crippen LogP contribution in [-0.4, -0.2) is 38.9 Å². The Labute approximate surface area is 218 Å². The SMILES string of the molecule is C[C@@H]1C[C@H](C)CN(c2cccc(-c3ccc4cnc(CNC(=O)c5ccc(C(F)(F)F)cn5)cc4n3)n2)C1. The molecule has 1 N–H and O–H groups in total. The van der Waals surface area contributed by atoms with Crippen LogP contribution < -0.4 is 10.2 Å². The summed E-state index contributed by atoms with van der Waals surface area (Å²) in [5.74, 6) is 1.58. The maximum absolute atomic E-state index is 12.7. The Morgan fingerprint density at radius 1 is 0.974 bits per heavy atom. The third kappa shape index (κ3) is 5.74. The summed E-state index contributed by atoms with van der Waals surface area (Å²) in [7, 11) is 0. The predicted octanol–water partition coefficient (Wildman–Crippen LogP) is 5.52. The van der Waals surface area contributed by atoms with Crippen molar-refractivity contribution in [1.82, 2.24) is 25.3 Å². The lowest BCUT2D eigenvalue weighted by atomic mass is 9.92. The Balaban J connectivity index is 1.31. The molecule has 0 spiro atoms. The van der Waals surface area contributed by atoms with Crippen LogP contribution in [0.5, 0.6) is 0 Å². The minimum absolute atomic E-state index is 0.0719. The standard InChI is InChI=1S/C28H27F3N6O/c1-17-10-18(2)16-37(15-17)26-5-3-4-22(36-26)23-8-6-19-12-32-21(11-25(19)35-23)14-34-27(38)24-9-7-20(13-33-24)28(29,30)31/h3-9,11-13,17-18H,10,14-16H2,1-2H3,(H,34,38)/t17-,18+. The molecule has 1 aliphatic rings. The second-order valence-corrected chi connectivity index (χ2v) is 9.91.